The Labute approximate surface area is 87.6 Å². The molecule has 0 N–H and O–H groups in total. The summed E-state index contributed by atoms with van der Waals surface area (Å²) in [5, 5.41) is 0. The van der Waals surface area contributed by atoms with E-state index in [0.717, 1.165) is 18.0 Å². The van der Waals surface area contributed by atoms with Gasteiger partial charge in [0.1, 0.15) is 0 Å². The van der Waals surface area contributed by atoms with Gasteiger partial charge in [-0.05, 0) is 44.6 Å². The lowest BCUT2D eigenvalue weighted by atomic mass is 9.82. The second-order valence-electron chi connectivity index (χ2n) is 4.12. The van der Waals surface area contributed by atoms with Crippen LogP contribution in [0.3, 0.4) is 0 Å². The maximum Gasteiger partial charge on any atom is 0.0435 e. The molecular formula is C13H21N. The summed E-state index contributed by atoms with van der Waals surface area (Å²) in [6.45, 7) is 10.2. The van der Waals surface area contributed by atoms with Crippen LogP contribution in [-0.4, -0.2) is 5.71 Å². The average Bonchev–Trinajstić information content (AvgIpc) is 2.17. The molecule has 0 saturated heterocycles. The van der Waals surface area contributed by atoms with Gasteiger partial charge in [-0.1, -0.05) is 26.0 Å². The number of rotatable bonds is 2. The van der Waals surface area contributed by atoms with Gasteiger partial charge in [0.2, 0.25) is 0 Å². The van der Waals surface area contributed by atoms with Crippen molar-refractivity contribution < 1.29 is 0 Å². The summed E-state index contributed by atoms with van der Waals surface area (Å²) in [4.78, 5) is 4.51. The van der Waals surface area contributed by atoms with E-state index in [1.54, 1.807) is 0 Å². The molecule has 1 aliphatic rings. The summed E-state index contributed by atoms with van der Waals surface area (Å²) in [6, 6.07) is 0. The Morgan fingerprint density at radius 1 is 1.64 bits per heavy atom. The van der Waals surface area contributed by atoms with Crippen LogP contribution in [-0.2, 0) is 0 Å². The normalized spacial score (nSPS) is 28.4. The maximum atomic E-state index is 4.51. The molecule has 1 rings (SSSR count). The van der Waals surface area contributed by atoms with Gasteiger partial charge in [-0.3, -0.25) is 4.99 Å². The highest BCUT2D eigenvalue weighted by Crippen LogP contribution is 2.29. The van der Waals surface area contributed by atoms with Crippen molar-refractivity contribution in [3.8, 4) is 0 Å². The first-order valence-electron chi connectivity index (χ1n) is 5.56. The van der Waals surface area contributed by atoms with Crippen LogP contribution in [0.5, 0.6) is 0 Å². The summed E-state index contributed by atoms with van der Waals surface area (Å²) in [5.74, 6) is 0.866. The van der Waals surface area contributed by atoms with Crippen molar-refractivity contribution in [3.63, 3.8) is 0 Å². The molecule has 0 aromatic carbocycles. The van der Waals surface area contributed by atoms with Gasteiger partial charge in [0, 0.05) is 11.4 Å². The molecule has 0 bridgehead atoms. The first-order chi connectivity index (χ1) is 6.67. The molecule has 1 unspecified atom stereocenters. The second-order valence-corrected chi connectivity index (χ2v) is 4.12. The molecule has 0 aliphatic heterocycles. The van der Waals surface area contributed by atoms with Crippen molar-refractivity contribution in [2.75, 3.05) is 0 Å². The van der Waals surface area contributed by atoms with E-state index in [1.807, 2.05) is 6.92 Å². The lowest BCUT2D eigenvalue weighted by Gasteiger charge is -2.24. The number of hydrogen-bond acceptors (Lipinski definition) is 1. The van der Waals surface area contributed by atoms with Gasteiger partial charge < -0.3 is 0 Å². The van der Waals surface area contributed by atoms with Crippen molar-refractivity contribution in [2.45, 2.75) is 46.5 Å². The van der Waals surface area contributed by atoms with Gasteiger partial charge in [0.15, 0.2) is 0 Å². The second kappa shape index (κ2) is 5.14. The Kier molecular flexibility index (Phi) is 4.12. The molecule has 0 amide bonds. The minimum atomic E-state index is 0.866. The van der Waals surface area contributed by atoms with Gasteiger partial charge in [-0.25, -0.2) is 0 Å². The SMILES string of the molecule is C=C(C)N=C1CCC(CC)C/C1=C/C. The van der Waals surface area contributed by atoms with Crippen LogP contribution < -0.4 is 0 Å². The summed E-state index contributed by atoms with van der Waals surface area (Å²) in [5.41, 5.74) is 3.63. The Morgan fingerprint density at radius 2 is 2.36 bits per heavy atom. The number of allylic oxidation sites excluding steroid dienone is 3. The third-order valence-corrected chi connectivity index (χ3v) is 2.92. The molecular weight excluding hydrogens is 170 g/mol. The first kappa shape index (κ1) is 11.2. The lowest BCUT2D eigenvalue weighted by Crippen LogP contribution is -2.16. The molecule has 0 aromatic heterocycles. The summed E-state index contributed by atoms with van der Waals surface area (Å²) in [7, 11) is 0. The highest BCUT2D eigenvalue weighted by molar-refractivity contribution is 6.01. The largest absolute Gasteiger partial charge is 0.259 e. The summed E-state index contributed by atoms with van der Waals surface area (Å²) < 4.78 is 0. The Balaban J connectivity index is 2.77. The van der Waals surface area contributed by atoms with Crippen molar-refractivity contribution in [3.05, 3.63) is 23.9 Å². The highest BCUT2D eigenvalue weighted by Gasteiger charge is 2.19. The van der Waals surface area contributed by atoms with E-state index in [0.29, 0.717) is 0 Å². The summed E-state index contributed by atoms with van der Waals surface area (Å²) in [6.07, 6.45) is 7.13. The first-order valence-corrected chi connectivity index (χ1v) is 5.56. The minimum Gasteiger partial charge on any atom is -0.259 e. The van der Waals surface area contributed by atoms with E-state index in [2.05, 4.69) is 31.5 Å². The van der Waals surface area contributed by atoms with E-state index < -0.39 is 0 Å². The molecule has 1 saturated carbocycles. The third kappa shape index (κ3) is 2.83. The molecule has 1 aliphatic carbocycles. The van der Waals surface area contributed by atoms with Gasteiger partial charge in [0.05, 0.1) is 0 Å². The molecule has 0 spiro atoms. The Morgan fingerprint density at radius 3 is 2.86 bits per heavy atom. The zero-order valence-corrected chi connectivity index (χ0v) is 9.64. The van der Waals surface area contributed by atoms with Gasteiger partial charge in [-0.2, -0.15) is 0 Å². The Bertz CT molecular complexity index is 271. The van der Waals surface area contributed by atoms with Crippen LogP contribution in [0.4, 0.5) is 0 Å². The van der Waals surface area contributed by atoms with Crippen molar-refractivity contribution in [1.29, 1.82) is 0 Å². The molecule has 1 atom stereocenters. The van der Waals surface area contributed by atoms with Gasteiger partial charge in [0.25, 0.3) is 0 Å². The van der Waals surface area contributed by atoms with Gasteiger partial charge in [-0.15, -0.1) is 0 Å². The lowest BCUT2D eigenvalue weighted by molar-refractivity contribution is 0.464. The Hall–Kier alpha value is -0.850. The average molecular weight is 191 g/mol. The molecule has 0 aromatic rings. The fourth-order valence-electron chi connectivity index (χ4n) is 2.02. The van der Waals surface area contributed by atoms with Crippen LogP contribution in [0.25, 0.3) is 0 Å². The van der Waals surface area contributed by atoms with E-state index in [-0.39, 0.29) is 0 Å². The van der Waals surface area contributed by atoms with Crippen LogP contribution >= 0.6 is 0 Å². The molecule has 1 fully saturated rings. The zero-order chi connectivity index (χ0) is 10.6. The van der Waals surface area contributed by atoms with Crippen molar-refractivity contribution in [2.24, 2.45) is 10.9 Å². The van der Waals surface area contributed by atoms with Crippen molar-refractivity contribution in [1.82, 2.24) is 0 Å². The van der Waals surface area contributed by atoms with Crippen LogP contribution in [0.2, 0.25) is 0 Å². The highest BCUT2D eigenvalue weighted by atomic mass is 14.7. The quantitative estimate of drug-likeness (QED) is 0.622. The molecule has 14 heavy (non-hydrogen) atoms. The van der Waals surface area contributed by atoms with E-state index in [4.69, 9.17) is 0 Å². The molecule has 1 heteroatoms. The molecule has 78 valence electrons. The standard InChI is InChI=1S/C13H21N/c1-5-11-7-8-13(14-10(3)4)12(6-2)9-11/h6,11H,3,5,7-9H2,1-2,4H3/b12-6-,14-13?. The fourth-order valence-corrected chi connectivity index (χ4v) is 2.02. The molecule has 0 radical (unpaired) electrons. The minimum absolute atomic E-state index is 0.866. The summed E-state index contributed by atoms with van der Waals surface area (Å²) >= 11 is 0. The predicted octanol–water partition coefficient (Wildman–Crippen LogP) is 4.12. The third-order valence-electron chi connectivity index (χ3n) is 2.92. The smallest absolute Gasteiger partial charge is 0.0435 e. The molecule has 0 heterocycles. The van der Waals surface area contributed by atoms with Crippen LogP contribution in [0.15, 0.2) is 28.9 Å². The number of hydrogen-bond donors (Lipinski definition) is 0. The van der Waals surface area contributed by atoms with Crippen molar-refractivity contribution >= 4 is 5.71 Å². The van der Waals surface area contributed by atoms with E-state index in [1.165, 1.54) is 30.5 Å². The zero-order valence-electron chi connectivity index (χ0n) is 9.64. The topological polar surface area (TPSA) is 12.4 Å². The monoisotopic (exact) mass is 191 g/mol. The van der Waals surface area contributed by atoms with Crippen LogP contribution in [0.1, 0.15) is 46.5 Å². The van der Waals surface area contributed by atoms with E-state index >= 15 is 0 Å². The fraction of sp³-hybridized carbons (Fsp3) is 0.615. The maximum absolute atomic E-state index is 4.51. The predicted molar refractivity (Wildman–Crippen MR) is 63.6 cm³/mol. The van der Waals surface area contributed by atoms with E-state index in [9.17, 15) is 0 Å². The van der Waals surface area contributed by atoms with Gasteiger partial charge >= 0.3 is 0 Å². The molecule has 1 nitrogen and oxygen atoms in total. The van der Waals surface area contributed by atoms with Crippen LogP contribution in [0, 0.1) is 5.92 Å². The number of nitrogens with zero attached hydrogens (tertiary/aromatic N) is 1. The number of aliphatic imine (C=N–C) groups is 1.